The Balaban J connectivity index is 1.55. The number of nitrogens with one attached hydrogen (secondary N) is 1. The van der Waals surface area contributed by atoms with Gasteiger partial charge in [-0.1, -0.05) is 41.6 Å². The highest BCUT2D eigenvalue weighted by Crippen LogP contribution is 2.26. The molecule has 2 aromatic carbocycles. The highest BCUT2D eigenvalue weighted by Gasteiger charge is 2.17. The summed E-state index contributed by atoms with van der Waals surface area (Å²) < 4.78 is 8.90. The minimum Gasteiger partial charge on any atom is -0.356 e. The number of aryl methyl sites for hydroxylation is 1. The lowest BCUT2D eigenvalue weighted by atomic mass is 10.1. The second-order valence-corrected chi connectivity index (χ2v) is 7.41. The number of aromatic nitrogens is 5. The third-order valence-corrected chi connectivity index (χ3v) is 5.48. The molecule has 9 heteroatoms. The third kappa shape index (κ3) is 2.90. The molecule has 0 radical (unpaired) electrons. The van der Waals surface area contributed by atoms with E-state index in [1.54, 1.807) is 11.6 Å². The van der Waals surface area contributed by atoms with Crippen molar-refractivity contribution in [3.63, 3.8) is 0 Å². The van der Waals surface area contributed by atoms with E-state index in [1.807, 2.05) is 42.5 Å². The van der Waals surface area contributed by atoms with Crippen LogP contribution < -0.4 is 11.2 Å². The average molecular weight is 452 g/mol. The molecule has 3 heterocycles. The Morgan fingerprint density at radius 1 is 1.10 bits per heavy atom. The van der Waals surface area contributed by atoms with Gasteiger partial charge in [-0.25, -0.2) is 9.78 Å². The Labute approximate surface area is 171 Å². The Morgan fingerprint density at radius 3 is 2.72 bits per heavy atom. The number of rotatable bonds is 3. The molecule has 5 aromatic rings. The summed E-state index contributed by atoms with van der Waals surface area (Å²) in [5.74, 6) is 0.632. The first-order valence-electron chi connectivity index (χ1n) is 8.81. The number of aromatic amines is 1. The quantitative estimate of drug-likeness (QED) is 0.425. The van der Waals surface area contributed by atoms with E-state index in [2.05, 4.69) is 37.1 Å². The number of H-pyrrole nitrogens is 1. The first kappa shape index (κ1) is 17.6. The summed E-state index contributed by atoms with van der Waals surface area (Å²) in [6.07, 6.45) is 0. The van der Waals surface area contributed by atoms with Crippen LogP contribution in [-0.4, -0.2) is 24.3 Å². The van der Waals surface area contributed by atoms with Crippen LogP contribution >= 0.6 is 15.9 Å². The van der Waals surface area contributed by atoms with Gasteiger partial charge >= 0.3 is 5.69 Å². The summed E-state index contributed by atoms with van der Waals surface area (Å²) >= 11 is 3.36. The second kappa shape index (κ2) is 6.56. The highest BCUT2D eigenvalue weighted by atomic mass is 79.9. The molecule has 0 spiro atoms. The summed E-state index contributed by atoms with van der Waals surface area (Å²) in [6.45, 7) is 0.259. The second-order valence-electron chi connectivity index (χ2n) is 6.70. The molecule has 0 bridgehead atoms. The maximum absolute atomic E-state index is 12.3. The van der Waals surface area contributed by atoms with E-state index < -0.39 is 11.2 Å². The van der Waals surface area contributed by atoms with E-state index in [0.717, 1.165) is 16.3 Å². The molecule has 8 nitrogen and oxygen atoms in total. The highest BCUT2D eigenvalue weighted by molar-refractivity contribution is 9.10. The summed E-state index contributed by atoms with van der Waals surface area (Å²) in [5, 5.41) is 6.40. The maximum atomic E-state index is 12.3. The van der Waals surface area contributed by atoms with Crippen LogP contribution in [0.1, 0.15) is 5.69 Å². The van der Waals surface area contributed by atoms with Crippen LogP contribution in [0.3, 0.4) is 0 Å². The van der Waals surface area contributed by atoms with Crippen molar-refractivity contribution in [3.8, 4) is 11.3 Å². The van der Waals surface area contributed by atoms with Gasteiger partial charge in [-0.3, -0.25) is 14.3 Å². The monoisotopic (exact) mass is 451 g/mol. The van der Waals surface area contributed by atoms with Crippen LogP contribution in [-0.2, 0) is 13.6 Å². The molecule has 0 atom stereocenters. The first-order valence-corrected chi connectivity index (χ1v) is 9.60. The molecule has 0 aliphatic rings. The summed E-state index contributed by atoms with van der Waals surface area (Å²) in [5.41, 5.74) is 1.11. The van der Waals surface area contributed by atoms with Gasteiger partial charge in [0.2, 0.25) is 0 Å². The lowest BCUT2D eigenvalue weighted by molar-refractivity contribution is 0.421. The molecule has 0 amide bonds. The van der Waals surface area contributed by atoms with Crippen LogP contribution in [0, 0.1) is 0 Å². The fourth-order valence-electron chi connectivity index (χ4n) is 3.38. The zero-order valence-corrected chi connectivity index (χ0v) is 16.8. The zero-order valence-electron chi connectivity index (χ0n) is 15.2. The van der Waals surface area contributed by atoms with Gasteiger partial charge in [0.15, 0.2) is 21.7 Å². The van der Waals surface area contributed by atoms with Crippen LogP contribution in [0.4, 0.5) is 0 Å². The normalized spacial score (nSPS) is 11.5. The Kier molecular flexibility index (Phi) is 3.99. The van der Waals surface area contributed by atoms with Crippen LogP contribution in [0.15, 0.2) is 67.4 Å². The lowest BCUT2D eigenvalue weighted by Crippen LogP contribution is -2.29. The van der Waals surface area contributed by atoms with Gasteiger partial charge in [-0.2, -0.15) is 0 Å². The SMILES string of the molecule is Cn1c(=O)[nH]c(=O)c2c1nc(Br)n2Cc1cc(-c2ccc3ccccc3c2)on1. The Bertz CT molecular complexity index is 1510. The van der Waals surface area contributed by atoms with Crippen molar-refractivity contribution in [2.24, 2.45) is 7.05 Å². The molecule has 3 aromatic heterocycles. The minimum absolute atomic E-state index is 0.259. The van der Waals surface area contributed by atoms with Crippen LogP contribution in [0.25, 0.3) is 33.3 Å². The number of fused-ring (bicyclic) bond motifs is 2. The minimum atomic E-state index is -0.514. The molecular formula is C20H14BrN5O3. The predicted molar refractivity (Wildman–Crippen MR) is 112 cm³/mol. The van der Waals surface area contributed by atoms with Crippen molar-refractivity contribution < 1.29 is 4.52 Å². The molecule has 5 rings (SSSR count). The summed E-state index contributed by atoms with van der Waals surface area (Å²) in [7, 11) is 1.55. The zero-order chi connectivity index (χ0) is 20.1. The van der Waals surface area contributed by atoms with Gasteiger partial charge < -0.3 is 9.09 Å². The number of halogens is 1. The summed E-state index contributed by atoms with van der Waals surface area (Å²) in [6, 6.07) is 16.0. The number of benzene rings is 2. The van der Waals surface area contributed by atoms with Gasteiger partial charge in [0, 0.05) is 18.7 Å². The molecule has 1 N–H and O–H groups in total. The molecular weight excluding hydrogens is 438 g/mol. The first-order chi connectivity index (χ1) is 14.0. The number of nitrogens with zero attached hydrogens (tertiary/aromatic N) is 4. The molecule has 0 saturated heterocycles. The van der Waals surface area contributed by atoms with E-state index in [0.29, 0.717) is 21.8 Å². The van der Waals surface area contributed by atoms with Gasteiger partial charge in [0.1, 0.15) is 5.69 Å². The summed E-state index contributed by atoms with van der Waals surface area (Å²) in [4.78, 5) is 30.7. The fourth-order valence-corrected chi connectivity index (χ4v) is 3.85. The van der Waals surface area contributed by atoms with Crippen molar-refractivity contribution in [1.82, 2.24) is 24.3 Å². The molecule has 0 aliphatic carbocycles. The van der Waals surface area contributed by atoms with Gasteiger partial charge in [0.25, 0.3) is 5.56 Å². The van der Waals surface area contributed by atoms with Gasteiger partial charge in [0.05, 0.1) is 6.54 Å². The Morgan fingerprint density at radius 2 is 1.90 bits per heavy atom. The molecule has 0 saturated carbocycles. The van der Waals surface area contributed by atoms with Crippen LogP contribution in [0.2, 0.25) is 0 Å². The molecule has 0 unspecified atom stereocenters. The topological polar surface area (TPSA) is 98.7 Å². The standard InChI is InChI=1S/C20H14BrN5O3/c1-25-17-16(18(27)23-20(25)28)26(19(21)22-17)10-14-9-15(29-24-14)13-7-6-11-4-2-3-5-12(11)8-13/h2-9H,10H2,1H3,(H,23,27,28). The average Bonchev–Trinajstić information content (AvgIpc) is 3.31. The van der Waals surface area contributed by atoms with Crippen molar-refractivity contribution in [2.75, 3.05) is 0 Å². The number of imidazole rings is 1. The van der Waals surface area contributed by atoms with Crippen molar-refractivity contribution >= 4 is 37.9 Å². The largest absolute Gasteiger partial charge is 0.356 e. The van der Waals surface area contributed by atoms with Crippen molar-refractivity contribution in [1.29, 1.82) is 0 Å². The molecule has 0 aliphatic heterocycles. The van der Waals surface area contributed by atoms with E-state index in [-0.39, 0.29) is 12.1 Å². The number of hydrogen-bond acceptors (Lipinski definition) is 5. The lowest BCUT2D eigenvalue weighted by Gasteiger charge is -2.02. The predicted octanol–water partition coefficient (Wildman–Crippen LogP) is 3.04. The van der Waals surface area contributed by atoms with E-state index in [4.69, 9.17) is 4.52 Å². The molecule has 144 valence electrons. The molecule has 29 heavy (non-hydrogen) atoms. The van der Waals surface area contributed by atoms with E-state index >= 15 is 0 Å². The van der Waals surface area contributed by atoms with Gasteiger partial charge in [-0.05, 0) is 32.8 Å². The van der Waals surface area contributed by atoms with Crippen molar-refractivity contribution in [3.05, 3.63) is 79.8 Å². The van der Waals surface area contributed by atoms with Gasteiger partial charge in [-0.15, -0.1) is 0 Å². The third-order valence-electron chi connectivity index (χ3n) is 4.87. The number of hydrogen-bond donors (Lipinski definition) is 1. The fraction of sp³-hybridized carbons (Fsp3) is 0.100. The maximum Gasteiger partial charge on any atom is 0.329 e. The smallest absolute Gasteiger partial charge is 0.329 e. The van der Waals surface area contributed by atoms with Crippen molar-refractivity contribution in [2.45, 2.75) is 6.54 Å². The van der Waals surface area contributed by atoms with E-state index in [9.17, 15) is 9.59 Å². The van der Waals surface area contributed by atoms with E-state index in [1.165, 1.54) is 4.57 Å². The Hall–Kier alpha value is -3.46. The van der Waals surface area contributed by atoms with Crippen LogP contribution in [0.5, 0.6) is 0 Å². The molecule has 0 fully saturated rings.